The molecule has 2 aromatic heterocycles. The Morgan fingerprint density at radius 1 is 1.05 bits per heavy atom. The van der Waals surface area contributed by atoms with Crippen molar-refractivity contribution in [1.82, 2.24) is 15.0 Å². The first-order chi connectivity index (χ1) is 9.52. The summed E-state index contributed by atoms with van der Waals surface area (Å²) in [4.78, 5) is 11.1. The molecule has 4 nitrogen and oxygen atoms in total. The molecule has 1 N–H and O–H groups in total. The number of nitrogens with one attached hydrogen (secondary N) is 1. The number of hydrogen-bond donors (Lipinski definition) is 1. The summed E-state index contributed by atoms with van der Waals surface area (Å²) < 4.78 is 5.55. The number of fused-ring (bicyclic) bond motifs is 1. The van der Waals surface area contributed by atoms with Crippen LogP contribution in [0.5, 0.6) is 11.8 Å². The molecule has 0 atom stereocenters. The number of halogens is 3. The second-order valence-electron chi connectivity index (χ2n) is 4.19. The van der Waals surface area contributed by atoms with Gasteiger partial charge < -0.3 is 9.72 Å². The molecule has 1 aromatic carbocycles. The van der Waals surface area contributed by atoms with Crippen molar-refractivity contribution < 1.29 is 4.74 Å². The zero-order chi connectivity index (χ0) is 14.3. The number of nitrogens with zero attached hydrogens (tertiary/aromatic N) is 2. The molecule has 0 amide bonds. The predicted octanol–water partition coefficient (Wildman–Crippen LogP) is 5.02. The molecular weight excluding hydrogens is 321 g/mol. The Morgan fingerprint density at radius 2 is 1.75 bits per heavy atom. The molecule has 3 rings (SSSR count). The molecule has 0 spiro atoms. The first-order valence-electron chi connectivity index (χ1n) is 5.69. The molecule has 2 heterocycles. The van der Waals surface area contributed by atoms with Crippen LogP contribution in [0.3, 0.4) is 0 Å². The summed E-state index contributed by atoms with van der Waals surface area (Å²) in [5.74, 6) is 0.441. The van der Waals surface area contributed by atoms with Gasteiger partial charge in [0.1, 0.15) is 16.1 Å². The van der Waals surface area contributed by atoms with E-state index in [9.17, 15) is 0 Å². The van der Waals surface area contributed by atoms with Crippen LogP contribution in [0.15, 0.2) is 24.3 Å². The average Bonchev–Trinajstić information content (AvgIpc) is 2.73. The minimum Gasteiger partial charge on any atom is -0.423 e. The zero-order valence-corrected chi connectivity index (χ0v) is 12.5. The van der Waals surface area contributed by atoms with Crippen molar-refractivity contribution in [2.45, 2.75) is 6.92 Å². The number of H-pyrrole nitrogens is 1. The van der Waals surface area contributed by atoms with Gasteiger partial charge in [0.05, 0.1) is 5.02 Å². The molecule has 0 saturated heterocycles. The van der Waals surface area contributed by atoms with E-state index in [0.29, 0.717) is 10.8 Å². The first-order valence-corrected chi connectivity index (χ1v) is 6.82. The highest BCUT2D eigenvalue weighted by molar-refractivity contribution is 6.37. The largest absolute Gasteiger partial charge is 0.423 e. The van der Waals surface area contributed by atoms with Gasteiger partial charge in [0, 0.05) is 22.7 Å². The van der Waals surface area contributed by atoms with E-state index >= 15 is 0 Å². The van der Waals surface area contributed by atoms with Gasteiger partial charge in [-0.2, -0.15) is 9.97 Å². The summed E-state index contributed by atoms with van der Waals surface area (Å²) >= 11 is 17.9. The smallest absolute Gasteiger partial charge is 0.324 e. The van der Waals surface area contributed by atoms with Gasteiger partial charge in [0.2, 0.25) is 0 Å². The lowest BCUT2D eigenvalue weighted by atomic mass is 10.2. The highest BCUT2D eigenvalue weighted by atomic mass is 35.5. The van der Waals surface area contributed by atoms with Crippen molar-refractivity contribution >= 4 is 45.7 Å². The Morgan fingerprint density at radius 3 is 2.45 bits per heavy atom. The summed E-state index contributed by atoms with van der Waals surface area (Å²) in [6.45, 7) is 1.96. The van der Waals surface area contributed by atoms with Crippen LogP contribution in [0.2, 0.25) is 15.3 Å². The second kappa shape index (κ2) is 5.13. The zero-order valence-electron chi connectivity index (χ0n) is 10.2. The van der Waals surface area contributed by atoms with Gasteiger partial charge >= 0.3 is 6.01 Å². The number of rotatable bonds is 2. The van der Waals surface area contributed by atoms with Crippen molar-refractivity contribution in [2.24, 2.45) is 0 Å². The molecule has 3 aromatic rings. The van der Waals surface area contributed by atoms with E-state index in [2.05, 4.69) is 15.0 Å². The summed E-state index contributed by atoms with van der Waals surface area (Å²) in [6.07, 6.45) is 0. The van der Waals surface area contributed by atoms with Crippen LogP contribution in [0, 0.1) is 6.92 Å². The minimum atomic E-state index is 0.0519. The normalized spacial score (nSPS) is 11.0. The van der Waals surface area contributed by atoms with E-state index in [1.165, 1.54) is 6.07 Å². The fraction of sp³-hybridized carbons (Fsp3) is 0.0769. The Balaban J connectivity index is 2.04. The summed E-state index contributed by atoms with van der Waals surface area (Å²) in [7, 11) is 0. The Bertz CT molecular complexity index is 781. The third-order valence-electron chi connectivity index (χ3n) is 2.68. The lowest BCUT2D eigenvalue weighted by Gasteiger charge is -2.07. The van der Waals surface area contributed by atoms with Gasteiger partial charge in [-0.15, -0.1) is 0 Å². The predicted molar refractivity (Wildman–Crippen MR) is 80.2 cm³/mol. The van der Waals surface area contributed by atoms with Crippen molar-refractivity contribution in [3.63, 3.8) is 0 Å². The molecular formula is C13H8Cl3N3O. The van der Waals surface area contributed by atoms with E-state index in [1.807, 2.05) is 19.1 Å². The van der Waals surface area contributed by atoms with Crippen LogP contribution in [0.25, 0.3) is 10.9 Å². The van der Waals surface area contributed by atoms with E-state index in [-0.39, 0.29) is 16.3 Å². The van der Waals surface area contributed by atoms with Crippen LogP contribution in [-0.4, -0.2) is 15.0 Å². The van der Waals surface area contributed by atoms with E-state index in [0.717, 1.165) is 16.6 Å². The first kappa shape index (κ1) is 13.5. The monoisotopic (exact) mass is 327 g/mol. The Labute approximate surface area is 129 Å². The Kier molecular flexibility index (Phi) is 3.46. The van der Waals surface area contributed by atoms with Crippen LogP contribution in [-0.2, 0) is 0 Å². The van der Waals surface area contributed by atoms with Crippen molar-refractivity contribution in [3.8, 4) is 11.8 Å². The maximum Gasteiger partial charge on any atom is 0.324 e. The molecule has 7 heteroatoms. The third kappa shape index (κ3) is 2.54. The quantitative estimate of drug-likeness (QED) is 0.672. The number of benzene rings is 1. The van der Waals surface area contributed by atoms with Gasteiger partial charge in [-0.25, -0.2) is 0 Å². The molecule has 0 unspecified atom stereocenters. The van der Waals surface area contributed by atoms with Crippen molar-refractivity contribution in [1.29, 1.82) is 0 Å². The fourth-order valence-corrected chi connectivity index (χ4v) is 2.55. The maximum atomic E-state index is 6.32. The Hall–Kier alpha value is -1.49. The molecule has 0 saturated carbocycles. The number of aromatic nitrogens is 3. The van der Waals surface area contributed by atoms with Gasteiger partial charge in [0.15, 0.2) is 0 Å². The average molecular weight is 329 g/mol. The number of ether oxygens (including phenoxy) is 1. The topological polar surface area (TPSA) is 50.8 Å². The van der Waals surface area contributed by atoms with E-state index in [1.54, 1.807) is 6.07 Å². The number of aryl methyl sites for hydroxylation is 1. The second-order valence-corrected chi connectivity index (χ2v) is 5.34. The van der Waals surface area contributed by atoms with Gasteiger partial charge in [-0.05, 0) is 25.1 Å². The summed E-state index contributed by atoms with van der Waals surface area (Å²) in [5.41, 5.74) is 1.95. The molecule has 0 aliphatic rings. The minimum absolute atomic E-state index is 0.0519. The van der Waals surface area contributed by atoms with Gasteiger partial charge in [-0.3, -0.25) is 0 Å². The highest BCUT2D eigenvalue weighted by Gasteiger charge is 2.11. The van der Waals surface area contributed by atoms with Crippen molar-refractivity contribution in [3.05, 3.63) is 45.3 Å². The molecule has 0 aliphatic carbocycles. The van der Waals surface area contributed by atoms with Crippen LogP contribution in [0.4, 0.5) is 0 Å². The molecule has 0 aliphatic heterocycles. The number of hydrogen-bond acceptors (Lipinski definition) is 3. The van der Waals surface area contributed by atoms with E-state index < -0.39 is 0 Å². The summed E-state index contributed by atoms with van der Waals surface area (Å²) in [6, 6.07) is 7.03. The third-order valence-corrected chi connectivity index (χ3v) is 3.46. The highest BCUT2D eigenvalue weighted by Crippen LogP contribution is 2.35. The van der Waals surface area contributed by atoms with Crippen LogP contribution < -0.4 is 4.74 Å². The number of aromatic amines is 1. The van der Waals surface area contributed by atoms with Crippen molar-refractivity contribution in [2.75, 3.05) is 0 Å². The lowest BCUT2D eigenvalue weighted by molar-refractivity contribution is 0.443. The van der Waals surface area contributed by atoms with Gasteiger partial charge in [0.25, 0.3) is 0 Å². The lowest BCUT2D eigenvalue weighted by Crippen LogP contribution is -1.93. The molecule has 0 bridgehead atoms. The summed E-state index contributed by atoms with van der Waals surface area (Å²) in [5, 5.41) is 1.76. The molecule has 102 valence electrons. The van der Waals surface area contributed by atoms with Gasteiger partial charge in [-0.1, -0.05) is 34.8 Å². The van der Waals surface area contributed by atoms with Crippen LogP contribution >= 0.6 is 34.8 Å². The SMILES string of the molecule is Cc1cc2c(Cl)c(Oc3nc(Cl)cc(Cl)n3)ccc2[nH]1. The van der Waals surface area contributed by atoms with E-state index in [4.69, 9.17) is 39.5 Å². The maximum absolute atomic E-state index is 6.32. The molecule has 20 heavy (non-hydrogen) atoms. The molecule has 0 radical (unpaired) electrons. The standard InChI is InChI=1S/C13H8Cl3N3O/c1-6-4-7-8(17-6)2-3-9(12(7)16)20-13-18-10(14)5-11(15)19-13/h2-5,17H,1H3. The molecule has 0 fully saturated rings. The fourth-order valence-electron chi connectivity index (χ4n) is 1.88. The van der Waals surface area contributed by atoms with Crippen LogP contribution in [0.1, 0.15) is 5.69 Å².